The molecule has 1 aliphatic rings. The summed E-state index contributed by atoms with van der Waals surface area (Å²) in [5, 5.41) is 0. The van der Waals surface area contributed by atoms with Crippen molar-refractivity contribution in [2.75, 3.05) is 0 Å². The third kappa shape index (κ3) is 8.11. The van der Waals surface area contributed by atoms with Gasteiger partial charge in [0.15, 0.2) is 0 Å². The molecule has 0 aliphatic heterocycles. The van der Waals surface area contributed by atoms with Crippen molar-refractivity contribution < 1.29 is 0 Å². The van der Waals surface area contributed by atoms with Gasteiger partial charge in [-0.25, -0.2) is 0 Å². The van der Waals surface area contributed by atoms with Crippen molar-refractivity contribution in [2.45, 2.75) is 64.2 Å². The van der Waals surface area contributed by atoms with Gasteiger partial charge in [-0.15, -0.1) is 6.58 Å². The summed E-state index contributed by atoms with van der Waals surface area (Å²) in [6.45, 7) is 3.75. The van der Waals surface area contributed by atoms with Crippen molar-refractivity contribution in [1.82, 2.24) is 0 Å². The number of rotatable bonds is 11. The second-order valence-electron chi connectivity index (χ2n) is 5.12. The van der Waals surface area contributed by atoms with Crippen LogP contribution >= 0.6 is 0 Å². The molecule has 0 radical (unpaired) electrons. The molecule has 18 heavy (non-hydrogen) atoms. The van der Waals surface area contributed by atoms with Crippen molar-refractivity contribution >= 4 is 0 Å². The van der Waals surface area contributed by atoms with Crippen molar-refractivity contribution in [3.63, 3.8) is 0 Å². The molecule has 0 heteroatoms. The maximum absolute atomic E-state index is 3.75. The van der Waals surface area contributed by atoms with Crippen LogP contribution in [-0.2, 0) is 0 Å². The summed E-state index contributed by atoms with van der Waals surface area (Å²) < 4.78 is 0. The Morgan fingerprint density at radius 2 is 1.61 bits per heavy atom. The second kappa shape index (κ2) is 11.1. The molecule has 0 unspecified atom stereocenters. The molecule has 0 bridgehead atoms. The predicted octanol–water partition coefficient (Wildman–Crippen LogP) is 6.13. The van der Waals surface area contributed by atoms with E-state index in [2.05, 4.69) is 37.0 Å². The highest BCUT2D eigenvalue weighted by molar-refractivity contribution is 5.31. The Kier molecular flexibility index (Phi) is 9.24. The van der Waals surface area contributed by atoms with Crippen LogP contribution in [0.1, 0.15) is 64.2 Å². The lowest BCUT2D eigenvalue weighted by atomic mass is 10.1. The zero-order valence-corrected chi connectivity index (χ0v) is 11.7. The van der Waals surface area contributed by atoms with E-state index in [9.17, 15) is 0 Å². The van der Waals surface area contributed by atoms with Gasteiger partial charge in [0.25, 0.3) is 0 Å². The Morgan fingerprint density at radius 1 is 0.944 bits per heavy atom. The fraction of sp³-hybridized carbons (Fsp3) is 0.556. The maximum Gasteiger partial charge on any atom is -0.00944 e. The number of hydrogen-bond acceptors (Lipinski definition) is 0. The van der Waals surface area contributed by atoms with Crippen LogP contribution in [0.3, 0.4) is 0 Å². The molecule has 0 spiro atoms. The molecule has 0 fully saturated rings. The summed E-state index contributed by atoms with van der Waals surface area (Å²) in [7, 11) is 0. The summed E-state index contributed by atoms with van der Waals surface area (Å²) in [4.78, 5) is 0. The van der Waals surface area contributed by atoms with Gasteiger partial charge in [0.05, 0.1) is 0 Å². The fourth-order valence-corrected chi connectivity index (χ4v) is 2.26. The summed E-state index contributed by atoms with van der Waals surface area (Å²) in [5.41, 5.74) is 1.46. The van der Waals surface area contributed by atoms with E-state index in [1.54, 1.807) is 0 Å². The van der Waals surface area contributed by atoms with E-state index in [0.29, 0.717) is 0 Å². The lowest BCUT2D eigenvalue weighted by molar-refractivity contribution is 0.584. The van der Waals surface area contributed by atoms with Crippen LogP contribution in [0.4, 0.5) is 0 Å². The molecular weight excluding hydrogens is 216 g/mol. The first kappa shape index (κ1) is 15.0. The van der Waals surface area contributed by atoms with Gasteiger partial charge < -0.3 is 0 Å². The third-order valence-electron chi connectivity index (χ3n) is 3.41. The molecule has 0 heterocycles. The van der Waals surface area contributed by atoms with E-state index in [0.717, 1.165) is 6.42 Å². The zero-order chi connectivity index (χ0) is 12.9. The van der Waals surface area contributed by atoms with Crippen molar-refractivity contribution in [2.24, 2.45) is 0 Å². The normalized spacial score (nSPS) is 14.3. The number of unbranched alkanes of at least 4 members (excludes halogenated alkanes) is 8. The molecule has 0 saturated heterocycles. The van der Waals surface area contributed by atoms with Gasteiger partial charge in [-0.3, -0.25) is 0 Å². The highest BCUT2D eigenvalue weighted by Crippen LogP contribution is 2.13. The molecule has 100 valence electrons. The Bertz CT molecular complexity index is 291. The highest BCUT2D eigenvalue weighted by Gasteiger charge is 1.93. The minimum absolute atomic E-state index is 1.13. The predicted molar refractivity (Wildman–Crippen MR) is 82.7 cm³/mol. The Balaban J connectivity index is 1.80. The van der Waals surface area contributed by atoms with Crippen molar-refractivity contribution in [3.8, 4) is 0 Å². The summed E-state index contributed by atoms with van der Waals surface area (Å²) in [5.74, 6) is 0. The minimum atomic E-state index is 1.13. The molecule has 0 atom stereocenters. The smallest absolute Gasteiger partial charge is 0.00944 e. The van der Waals surface area contributed by atoms with Crippen LogP contribution in [0.5, 0.6) is 0 Å². The molecule has 0 aromatic rings. The number of allylic oxidation sites excluding steroid dienone is 7. The van der Waals surface area contributed by atoms with Crippen LogP contribution in [0.15, 0.2) is 48.6 Å². The average molecular weight is 244 g/mol. The number of hydrogen-bond donors (Lipinski definition) is 0. The van der Waals surface area contributed by atoms with E-state index in [4.69, 9.17) is 0 Å². The SMILES string of the molecule is C=CCCCCCCCCC/C=C/C1=CC=CC1. The van der Waals surface area contributed by atoms with Crippen LogP contribution in [-0.4, -0.2) is 0 Å². The van der Waals surface area contributed by atoms with Crippen molar-refractivity contribution in [1.29, 1.82) is 0 Å². The highest BCUT2D eigenvalue weighted by atomic mass is 14.0. The van der Waals surface area contributed by atoms with E-state index in [-0.39, 0.29) is 0 Å². The largest absolute Gasteiger partial charge is 0.103 e. The first-order valence-corrected chi connectivity index (χ1v) is 7.56. The first-order valence-electron chi connectivity index (χ1n) is 7.56. The molecule has 1 rings (SSSR count). The van der Waals surface area contributed by atoms with Gasteiger partial charge in [0.2, 0.25) is 0 Å². The van der Waals surface area contributed by atoms with Gasteiger partial charge in [-0.05, 0) is 37.7 Å². The maximum atomic E-state index is 3.75. The van der Waals surface area contributed by atoms with Gasteiger partial charge in [0, 0.05) is 0 Å². The monoisotopic (exact) mass is 244 g/mol. The summed E-state index contributed by atoms with van der Waals surface area (Å²) in [6, 6.07) is 0. The topological polar surface area (TPSA) is 0 Å². The molecule has 0 N–H and O–H groups in total. The zero-order valence-electron chi connectivity index (χ0n) is 11.7. The molecule has 0 amide bonds. The van der Waals surface area contributed by atoms with E-state index >= 15 is 0 Å². The Morgan fingerprint density at radius 3 is 2.22 bits per heavy atom. The summed E-state index contributed by atoms with van der Waals surface area (Å²) >= 11 is 0. The van der Waals surface area contributed by atoms with E-state index < -0.39 is 0 Å². The third-order valence-corrected chi connectivity index (χ3v) is 3.41. The fourth-order valence-electron chi connectivity index (χ4n) is 2.26. The molecular formula is C18H28. The quantitative estimate of drug-likeness (QED) is 0.303. The van der Waals surface area contributed by atoms with E-state index in [1.807, 2.05) is 6.08 Å². The van der Waals surface area contributed by atoms with Gasteiger partial charge in [-0.2, -0.15) is 0 Å². The van der Waals surface area contributed by atoms with Gasteiger partial charge in [0.1, 0.15) is 0 Å². The molecule has 1 aliphatic carbocycles. The lowest BCUT2D eigenvalue weighted by Crippen LogP contribution is -1.80. The lowest BCUT2D eigenvalue weighted by Gasteiger charge is -2.00. The second-order valence-corrected chi connectivity index (χ2v) is 5.12. The van der Waals surface area contributed by atoms with E-state index in [1.165, 1.54) is 63.4 Å². The van der Waals surface area contributed by atoms with Crippen LogP contribution < -0.4 is 0 Å². The molecule has 0 saturated carbocycles. The summed E-state index contributed by atoms with van der Waals surface area (Å²) in [6.07, 6.45) is 26.5. The Hall–Kier alpha value is -1.04. The van der Waals surface area contributed by atoms with Gasteiger partial charge in [-0.1, -0.05) is 68.6 Å². The standard InChI is InChI=1S/C18H28/c1-2-3-4-5-6-7-8-9-10-11-12-15-18-16-13-14-17-18/h2,12-16H,1,3-11,17H2/b15-12+. The first-order chi connectivity index (χ1) is 8.93. The Labute approximate surface area is 113 Å². The van der Waals surface area contributed by atoms with Crippen LogP contribution in [0.2, 0.25) is 0 Å². The molecule has 0 nitrogen and oxygen atoms in total. The minimum Gasteiger partial charge on any atom is -0.103 e. The van der Waals surface area contributed by atoms with Gasteiger partial charge >= 0.3 is 0 Å². The van der Waals surface area contributed by atoms with Crippen LogP contribution in [0, 0.1) is 0 Å². The molecule has 0 aromatic carbocycles. The van der Waals surface area contributed by atoms with Crippen LogP contribution in [0.25, 0.3) is 0 Å². The van der Waals surface area contributed by atoms with Crippen molar-refractivity contribution in [3.05, 3.63) is 48.6 Å². The molecule has 0 aromatic heterocycles. The average Bonchev–Trinajstić information content (AvgIpc) is 2.89.